The summed E-state index contributed by atoms with van der Waals surface area (Å²) in [6.07, 6.45) is 0. The van der Waals surface area contributed by atoms with Crippen LogP contribution in [0.5, 0.6) is 0 Å². The van der Waals surface area contributed by atoms with E-state index in [4.69, 9.17) is 9.66 Å². The SMILES string of the molecule is N.O=C(O)C(=O)OS(=O)(=O)O. The molecule has 0 heterocycles. The second kappa shape index (κ2) is 3.85. The van der Waals surface area contributed by atoms with Gasteiger partial charge in [0, 0.05) is 0 Å². The molecule has 0 fully saturated rings. The minimum absolute atomic E-state index is 0. The number of hydrogen-bond acceptors (Lipinski definition) is 6. The van der Waals surface area contributed by atoms with Gasteiger partial charge in [0.05, 0.1) is 0 Å². The van der Waals surface area contributed by atoms with Crippen LogP contribution in [0.1, 0.15) is 0 Å². The zero-order chi connectivity index (χ0) is 8.36. The van der Waals surface area contributed by atoms with Crippen LogP contribution in [0.4, 0.5) is 0 Å². The molecule has 0 unspecified atom stereocenters. The molecule has 0 atom stereocenters. The van der Waals surface area contributed by atoms with Gasteiger partial charge < -0.3 is 15.4 Å². The average molecular weight is 187 g/mol. The third kappa shape index (κ3) is 6.70. The highest BCUT2D eigenvalue weighted by molar-refractivity contribution is 7.81. The van der Waals surface area contributed by atoms with Crippen molar-refractivity contribution in [2.24, 2.45) is 0 Å². The lowest BCUT2D eigenvalue weighted by molar-refractivity contribution is -0.158. The van der Waals surface area contributed by atoms with Crippen molar-refractivity contribution >= 4 is 22.3 Å². The highest BCUT2D eigenvalue weighted by Crippen LogP contribution is 1.86. The molecule has 0 aliphatic heterocycles. The number of carboxylic acid groups (broad SMARTS) is 1. The van der Waals surface area contributed by atoms with Crippen LogP contribution in [0.2, 0.25) is 0 Å². The Morgan fingerprint density at radius 1 is 1.27 bits per heavy atom. The van der Waals surface area contributed by atoms with Crippen molar-refractivity contribution < 1.29 is 31.8 Å². The average Bonchev–Trinajstić information content (AvgIpc) is 1.60. The Morgan fingerprint density at radius 2 is 1.64 bits per heavy atom. The summed E-state index contributed by atoms with van der Waals surface area (Å²) in [6, 6.07) is 0. The Labute approximate surface area is 61.3 Å². The van der Waals surface area contributed by atoms with Crippen molar-refractivity contribution in [3.8, 4) is 0 Å². The maximum absolute atomic E-state index is 9.80. The van der Waals surface area contributed by atoms with E-state index in [0.29, 0.717) is 0 Å². The molecule has 8 nitrogen and oxygen atoms in total. The summed E-state index contributed by atoms with van der Waals surface area (Å²) in [5, 5.41) is 7.70. The summed E-state index contributed by atoms with van der Waals surface area (Å²) < 4.78 is 29.9. The highest BCUT2D eigenvalue weighted by atomic mass is 32.3. The summed E-state index contributed by atoms with van der Waals surface area (Å²) in [5.74, 6) is -4.15. The topological polar surface area (TPSA) is 153 Å². The molecule has 5 N–H and O–H groups in total. The largest absolute Gasteiger partial charge is 0.473 e. The zero-order valence-corrected chi connectivity index (χ0v) is 5.87. The lowest BCUT2D eigenvalue weighted by atomic mass is 10.7. The molecule has 0 aliphatic carbocycles. The second-order valence-corrected chi connectivity index (χ2v) is 2.13. The maximum atomic E-state index is 9.80. The lowest BCUT2D eigenvalue weighted by Gasteiger charge is -1.92. The minimum atomic E-state index is -5.00. The van der Waals surface area contributed by atoms with E-state index in [2.05, 4.69) is 4.18 Å². The van der Waals surface area contributed by atoms with Crippen LogP contribution in [0, 0.1) is 0 Å². The number of aliphatic carboxylic acids is 1. The van der Waals surface area contributed by atoms with Gasteiger partial charge in [-0.3, -0.25) is 4.55 Å². The standard InChI is InChI=1S/C2H2O7S.H3N/c3-1(4)2(5)9-10(6,7)8;/h(H,3,4)(H,6,7,8);1H3. The number of rotatable bonds is 1. The van der Waals surface area contributed by atoms with Gasteiger partial charge in [0.25, 0.3) is 0 Å². The zero-order valence-electron chi connectivity index (χ0n) is 5.05. The van der Waals surface area contributed by atoms with Crippen LogP contribution in [-0.4, -0.2) is 30.0 Å². The number of hydrogen-bond donors (Lipinski definition) is 3. The Kier molecular flexibility index (Phi) is 4.37. The van der Waals surface area contributed by atoms with E-state index in [9.17, 15) is 18.0 Å². The van der Waals surface area contributed by atoms with Crippen LogP contribution < -0.4 is 6.15 Å². The molecule has 0 saturated carbocycles. The van der Waals surface area contributed by atoms with Gasteiger partial charge in [0.15, 0.2) is 0 Å². The lowest BCUT2D eigenvalue weighted by Crippen LogP contribution is -2.20. The summed E-state index contributed by atoms with van der Waals surface area (Å²) in [4.78, 5) is 19.3. The number of carbonyl (C=O) groups excluding carboxylic acids is 1. The molecular formula is C2H5NO7S. The predicted octanol–water partition coefficient (Wildman–Crippen LogP) is -1.42. The van der Waals surface area contributed by atoms with E-state index in [1.807, 2.05) is 0 Å². The van der Waals surface area contributed by atoms with Crippen LogP contribution in [0.3, 0.4) is 0 Å². The fraction of sp³-hybridized carbons (Fsp3) is 0. The first-order valence-corrected chi connectivity index (χ1v) is 3.13. The van der Waals surface area contributed by atoms with Crippen molar-refractivity contribution in [2.45, 2.75) is 0 Å². The Balaban J connectivity index is 0. The number of carbonyl (C=O) groups is 2. The Hall–Kier alpha value is -1.19. The number of carboxylic acids is 1. The van der Waals surface area contributed by atoms with Crippen molar-refractivity contribution in [2.75, 3.05) is 0 Å². The van der Waals surface area contributed by atoms with E-state index >= 15 is 0 Å². The van der Waals surface area contributed by atoms with E-state index < -0.39 is 22.3 Å². The molecule has 0 spiro atoms. The van der Waals surface area contributed by atoms with Crippen molar-refractivity contribution in [3.05, 3.63) is 0 Å². The summed E-state index contributed by atoms with van der Waals surface area (Å²) in [6.45, 7) is 0. The van der Waals surface area contributed by atoms with Gasteiger partial charge in [-0.15, -0.1) is 0 Å². The Morgan fingerprint density at radius 3 is 1.73 bits per heavy atom. The molecule has 0 amide bonds. The highest BCUT2D eigenvalue weighted by Gasteiger charge is 2.20. The Bertz CT molecular complexity index is 252. The molecule has 0 radical (unpaired) electrons. The van der Waals surface area contributed by atoms with Crippen LogP contribution in [-0.2, 0) is 24.2 Å². The van der Waals surface area contributed by atoms with Crippen molar-refractivity contribution in [1.82, 2.24) is 6.15 Å². The summed E-state index contributed by atoms with van der Waals surface area (Å²) in [5.41, 5.74) is 0. The first-order valence-electron chi connectivity index (χ1n) is 1.77. The normalized spacial score (nSPS) is 9.55. The molecule has 9 heteroatoms. The van der Waals surface area contributed by atoms with Crippen LogP contribution in [0.25, 0.3) is 0 Å². The van der Waals surface area contributed by atoms with Gasteiger partial charge >= 0.3 is 22.3 Å². The molecule has 11 heavy (non-hydrogen) atoms. The third-order valence-corrected chi connectivity index (χ3v) is 0.718. The molecule has 0 aromatic carbocycles. The smallest absolute Gasteiger partial charge is 0.449 e. The minimum Gasteiger partial charge on any atom is -0.473 e. The van der Waals surface area contributed by atoms with Crippen LogP contribution >= 0.6 is 0 Å². The molecule has 0 rings (SSSR count). The van der Waals surface area contributed by atoms with E-state index in [-0.39, 0.29) is 6.15 Å². The van der Waals surface area contributed by atoms with Gasteiger partial charge in [-0.25, -0.2) is 9.59 Å². The fourth-order valence-electron chi connectivity index (χ4n) is 0.131. The van der Waals surface area contributed by atoms with Gasteiger partial charge in [-0.1, -0.05) is 0 Å². The summed E-state index contributed by atoms with van der Waals surface area (Å²) in [7, 11) is -5.00. The van der Waals surface area contributed by atoms with Gasteiger partial charge in [0.1, 0.15) is 0 Å². The van der Waals surface area contributed by atoms with Crippen LogP contribution in [0.15, 0.2) is 0 Å². The third-order valence-electron chi connectivity index (χ3n) is 0.356. The van der Waals surface area contributed by atoms with Gasteiger partial charge in [-0.05, 0) is 0 Å². The predicted molar refractivity (Wildman–Crippen MR) is 30.3 cm³/mol. The monoisotopic (exact) mass is 187 g/mol. The van der Waals surface area contributed by atoms with E-state index in [0.717, 1.165) is 0 Å². The quantitative estimate of drug-likeness (QED) is 0.333. The van der Waals surface area contributed by atoms with Crippen molar-refractivity contribution in [1.29, 1.82) is 0 Å². The molecule has 0 bridgehead atoms. The molecule has 0 saturated heterocycles. The molecule has 0 aromatic heterocycles. The second-order valence-electron chi connectivity index (χ2n) is 1.10. The molecule has 0 aromatic rings. The van der Waals surface area contributed by atoms with Gasteiger partial charge in [0.2, 0.25) is 0 Å². The molecule has 0 aliphatic rings. The fourth-order valence-corrected chi connectivity index (χ4v) is 0.394. The summed E-state index contributed by atoms with van der Waals surface area (Å²) >= 11 is 0. The van der Waals surface area contributed by atoms with Crippen molar-refractivity contribution in [3.63, 3.8) is 0 Å². The van der Waals surface area contributed by atoms with E-state index in [1.54, 1.807) is 0 Å². The van der Waals surface area contributed by atoms with Gasteiger partial charge in [-0.2, -0.15) is 8.42 Å². The first kappa shape index (κ1) is 12.5. The molecular weight excluding hydrogens is 182 g/mol. The molecule has 66 valence electrons. The maximum Gasteiger partial charge on any atom is 0.449 e. The van der Waals surface area contributed by atoms with E-state index in [1.165, 1.54) is 0 Å². The first-order chi connectivity index (χ1) is 4.33.